The second-order valence-corrected chi connectivity index (χ2v) is 25.0. The van der Waals surface area contributed by atoms with E-state index in [1.54, 1.807) is 19.1 Å². The molecular weight excluding hydrogens is 1160 g/mol. The van der Waals surface area contributed by atoms with Crippen molar-refractivity contribution in [2.24, 2.45) is 11.8 Å². The van der Waals surface area contributed by atoms with Crippen molar-refractivity contribution >= 4 is 70.2 Å². The lowest BCUT2D eigenvalue weighted by atomic mass is 9.92. The molecule has 4 aromatic carbocycles. The van der Waals surface area contributed by atoms with Gasteiger partial charge >= 0.3 is 11.9 Å². The molecule has 22 heteroatoms. The standard InChI is InChI=1S/C30H33Cl2F3N2O4.C30H34Cl2F2N2O5/c1-16-25(34)14-37(27(16)29(39)40)28(38)23-12-22(18-3-4-18)26(13-24(23)33)41-15-30(35)5-7-36(8-6-30)17(2)19-9-20(31)11-21(32)10-19;1-16-25(37)14-36(27(16)29(39)40)28(38)23-12-22(18-3-4-18)26(13-24(23)33)41-15-30(34)5-7-35(8-6-30)17(2)19-9-20(31)11-21(32)10-19/h9-13,16-18,25,27H,3-8,14-15H2,1-2H3,(H,39,40);9-13,16-18,25,27,37H,3-8,14-15H2,1-2H3,(H,39,40)/t16?,17-,25-,27-;16?,17-,25+,27-/m00/s1. The number of β-amino-alcohol motifs (C(OH)–C–C–N with tert-alkyl or cyclic N) is 1. The number of hydrogen-bond acceptors (Lipinski definition) is 9. The number of piperidine rings is 2. The predicted molar refractivity (Wildman–Crippen MR) is 301 cm³/mol. The molecule has 4 aromatic rings. The number of ether oxygens (including phenoxy) is 2. The second kappa shape index (κ2) is 24.9. The molecule has 82 heavy (non-hydrogen) atoms. The minimum Gasteiger partial charge on any atom is -0.490 e. The Bertz CT molecular complexity index is 2830. The van der Waals surface area contributed by atoms with E-state index in [9.17, 15) is 38.9 Å². The number of likely N-dealkylation sites (tertiary alicyclic amines) is 4. The number of aliphatic hydroxyl groups excluding tert-OH is 1. The number of amides is 2. The summed E-state index contributed by atoms with van der Waals surface area (Å²) in [6.45, 7) is 7.84. The van der Waals surface area contributed by atoms with E-state index in [-0.39, 0.29) is 92.0 Å². The summed E-state index contributed by atoms with van der Waals surface area (Å²) in [5.41, 5.74) is -0.730. The van der Waals surface area contributed by atoms with Gasteiger partial charge in [0.1, 0.15) is 65.9 Å². The van der Waals surface area contributed by atoms with E-state index in [4.69, 9.17) is 55.9 Å². The topological polar surface area (TPSA) is 160 Å². The highest BCUT2D eigenvalue weighted by molar-refractivity contribution is 6.35. The first-order valence-corrected chi connectivity index (χ1v) is 29.3. The summed E-state index contributed by atoms with van der Waals surface area (Å²) in [6, 6.07) is 13.1. The van der Waals surface area contributed by atoms with Gasteiger partial charge in [-0.25, -0.2) is 31.5 Å². The number of carbonyl (C=O) groups is 4. The molecule has 2 saturated carbocycles. The lowest BCUT2D eigenvalue weighted by Gasteiger charge is -2.39. The summed E-state index contributed by atoms with van der Waals surface area (Å²) in [5, 5.41) is 31.5. The summed E-state index contributed by atoms with van der Waals surface area (Å²) in [4.78, 5) is 56.2. The molecule has 0 aromatic heterocycles. The van der Waals surface area contributed by atoms with Gasteiger partial charge in [0.25, 0.3) is 11.8 Å². The first-order chi connectivity index (χ1) is 38.7. The average Bonchev–Trinajstić information content (AvgIpc) is 4.55. The third kappa shape index (κ3) is 13.7. The van der Waals surface area contributed by atoms with Gasteiger partial charge < -0.3 is 34.6 Å². The maximum atomic E-state index is 15.9. The van der Waals surface area contributed by atoms with Crippen molar-refractivity contribution in [1.29, 1.82) is 0 Å². The number of benzene rings is 4. The molecular formula is C60H67Cl4F5N4O9. The van der Waals surface area contributed by atoms with Crippen LogP contribution in [0.1, 0.15) is 146 Å². The van der Waals surface area contributed by atoms with Gasteiger partial charge in [0.05, 0.1) is 23.8 Å². The van der Waals surface area contributed by atoms with Gasteiger partial charge in [0, 0.05) is 88.9 Å². The summed E-state index contributed by atoms with van der Waals surface area (Å²) in [7, 11) is 0. The fourth-order valence-electron chi connectivity index (χ4n) is 11.9. The summed E-state index contributed by atoms with van der Waals surface area (Å²) in [5.74, 6) is -7.19. The lowest BCUT2D eigenvalue weighted by molar-refractivity contribution is -0.143. The minimum atomic E-state index is -1.62. The van der Waals surface area contributed by atoms with Crippen LogP contribution in [0.25, 0.3) is 0 Å². The van der Waals surface area contributed by atoms with Crippen LogP contribution in [0.3, 0.4) is 0 Å². The fourth-order valence-corrected chi connectivity index (χ4v) is 13.0. The van der Waals surface area contributed by atoms with Gasteiger partial charge in [-0.15, -0.1) is 0 Å². The van der Waals surface area contributed by atoms with Gasteiger partial charge in [0.15, 0.2) is 0 Å². The molecule has 2 amide bonds. The van der Waals surface area contributed by atoms with E-state index < -0.39 is 89.5 Å². The molecule has 4 aliphatic heterocycles. The number of aliphatic hydroxyl groups is 1. The third-order valence-electron chi connectivity index (χ3n) is 17.5. The monoisotopic (exact) mass is 1220 g/mol. The van der Waals surface area contributed by atoms with E-state index in [2.05, 4.69) is 9.80 Å². The van der Waals surface area contributed by atoms with Gasteiger partial charge in [-0.2, -0.15) is 0 Å². The zero-order valence-electron chi connectivity index (χ0n) is 45.8. The van der Waals surface area contributed by atoms with Crippen LogP contribution in [0.15, 0.2) is 60.7 Å². The maximum absolute atomic E-state index is 15.9. The smallest absolute Gasteiger partial charge is 0.326 e. The van der Waals surface area contributed by atoms with Crippen molar-refractivity contribution in [3.8, 4) is 11.5 Å². The number of alkyl halides is 3. The van der Waals surface area contributed by atoms with Crippen LogP contribution < -0.4 is 9.47 Å². The largest absolute Gasteiger partial charge is 0.490 e. The number of rotatable bonds is 16. The number of nitrogens with zero attached hydrogens (tertiary/aromatic N) is 4. The van der Waals surface area contributed by atoms with Crippen molar-refractivity contribution in [3.63, 3.8) is 0 Å². The SMILES string of the molecule is CC1[C@@H](C(=O)O)N(C(=O)c2cc(C3CC3)c(OCC3(F)CCN([C@@H](C)c4cc(Cl)cc(Cl)c4)CC3)cc2F)C[C@@H]1F.CC1[C@H](O)CN(C(=O)c2cc(C3CC3)c(OCC3(F)CCN([C@@H](C)c4cc(Cl)cc(Cl)c4)CC3)cc2F)[C@@H]1C(=O)O. The van der Waals surface area contributed by atoms with E-state index >= 15 is 17.6 Å². The molecule has 3 N–H and O–H groups in total. The molecule has 0 bridgehead atoms. The Labute approximate surface area is 493 Å². The number of aliphatic carboxylic acids is 2. The Morgan fingerprint density at radius 1 is 0.585 bits per heavy atom. The molecule has 4 saturated heterocycles. The third-order valence-corrected chi connectivity index (χ3v) is 18.4. The molecule has 0 radical (unpaired) electrons. The minimum absolute atomic E-state index is 0.00209. The quantitative estimate of drug-likeness (QED) is 0.0916. The highest BCUT2D eigenvalue weighted by atomic mass is 35.5. The van der Waals surface area contributed by atoms with E-state index in [1.165, 1.54) is 19.1 Å². The summed E-state index contributed by atoms with van der Waals surface area (Å²) >= 11 is 24.6. The highest BCUT2D eigenvalue weighted by Crippen LogP contribution is 2.48. The molecule has 2 aliphatic carbocycles. The van der Waals surface area contributed by atoms with Crippen molar-refractivity contribution in [3.05, 3.63) is 126 Å². The zero-order valence-corrected chi connectivity index (χ0v) is 48.9. The maximum Gasteiger partial charge on any atom is 0.326 e. The van der Waals surface area contributed by atoms with Crippen LogP contribution in [-0.2, 0) is 9.59 Å². The Morgan fingerprint density at radius 2 is 0.939 bits per heavy atom. The fraction of sp³-hybridized carbons (Fsp3) is 0.533. The number of carboxylic acid groups (broad SMARTS) is 2. The number of halogens is 9. The number of carbonyl (C=O) groups excluding carboxylic acids is 2. The van der Waals surface area contributed by atoms with Crippen LogP contribution in [0.4, 0.5) is 22.0 Å². The van der Waals surface area contributed by atoms with E-state index in [1.807, 2.05) is 38.1 Å². The zero-order chi connectivity index (χ0) is 59.3. The molecule has 0 spiro atoms. The summed E-state index contributed by atoms with van der Waals surface area (Å²) < 4.78 is 88.4. The van der Waals surface area contributed by atoms with Crippen molar-refractivity contribution in [1.82, 2.24) is 19.6 Å². The first kappa shape index (κ1) is 61.6. The first-order valence-electron chi connectivity index (χ1n) is 27.8. The molecule has 13 nitrogen and oxygen atoms in total. The van der Waals surface area contributed by atoms with Crippen molar-refractivity contribution < 1.29 is 65.9 Å². The molecule has 6 fully saturated rings. The van der Waals surface area contributed by atoms with Crippen molar-refractivity contribution in [2.75, 3.05) is 52.5 Å². The molecule has 4 heterocycles. The van der Waals surface area contributed by atoms with Crippen molar-refractivity contribution in [2.45, 2.75) is 139 Å². The Balaban J connectivity index is 0.000000198. The van der Waals surface area contributed by atoms with E-state index in [0.717, 1.165) is 58.7 Å². The normalized spacial score (nSPS) is 25.2. The van der Waals surface area contributed by atoms with Crippen LogP contribution in [0, 0.1) is 23.5 Å². The molecule has 10 rings (SSSR count). The second-order valence-electron chi connectivity index (χ2n) is 23.3. The van der Waals surface area contributed by atoms with Crippen LogP contribution in [0.2, 0.25) is 20.1 Å². The lowest BCUT2D eigenvalue weighted by Crippen LogP contribution is -2.45. The van der Waals surface area contributed by atoms with Gasteiger partial charge in [-0.1, -0.05) is 60.3 Å². The molecule has 6 aliphatic rings. The molecule has 8 atom stereocenters. The van der Waals surface area contributed by atoms with Crippen LogP contribution >= 0.6 is 46.4 Å². The molecule has 444 valence electrons. The van der Waals surface area contributed by atoms with Crippen LogP contribution in [0.5, 0.6) is 11.5 Å². The Hall–Kier alpha value is -4.95. The highest BCUT2D eigenvalue weighted by Gasteiger charge is 2.49. The molecule has 2 unspecified atom stereocenters. The van der Waals surface area contributed by atoms with E-state index in [0.29, 0.717) is 57.4 Å². The van der Waals surface area contributed by atoms with Gasteiger partial charge in [-0.3, -0.25) is 19.4 Å². The average molecular weight is 1230 g/mol. The predicted octanol–water partition coefficient (Wildman–Crippen LogP) is 12.7. The number of hydrogen-bond donors (Lipinski definition) is 3. The Kier molecular flexibility index (Phi) is 18.7. The van der Waals surface area contributed by atoms with Gasteiger partial charge in [-0.05, 0) is 148 Å². The Morgan fingerprint density at radius 3 is 1.29 bits per heavy atom. The van der Waals surface area contributed by atoms with Crippen LogP contribution in [-0.4, -0.2) is 147 Å². The number of carboxylic acids is 2. The summed E-state index contributed by atoms with van der Waals surface area (Å²) in [6.07, 6.45) is 1.63. The van der Waals surface area contributed by atoms with Gasteiger partial charge in [0.2, 0.25) is 0 Å².